The van der Waals surface area contributed by atoms with Gasteiger partial charge < -0.3 is 0 Å². The van der Waals surface area contributed by atoms with E-state index in [1.165, 1.54) is 107 Å². The first-order valence-electron chi connectivity index (χ1n) is 16.2. The third kappa shape index (κ3) is 6.81. The first-order chi connectivity index (χ1) is 18.6. The number of hydrogen-bond donors (Lipinski definition) is 0. The van der Waals surface area contributed by atoms with Crippen molar-refractivity contribution in [3.8, 4) is 0 Å². The van der Waals surface area contributed by atoms with E-state index >= 15 is 0 Å². The Bertz CT molecular complexity index is 1030. The summed E-state index contributed by atoms with van der Waals surface area (Å²) in [4.78, 5) is 0. The van der Waals surface area contributed by atoms with Gasteiger partial charge in [0.2, 0.25) is 0 Å². The molecule has 0 aromatic heterocycles. The van der Waals surface area contributed by atoms with Gasteiger partial charge in [-0.15, -0.1) is 0 Å². The molecule has 1 unspecified atom stereocenters. The minimum absolute atomic E-state index is 0.00436. The molecule has 0 nitrogen and oxygen atoms in total. The molecule has 0 bridgehead atoms. The highest BCUT2D eigenvalue weighted by molar-refractivity contribution is 5.66. The van der Waals surface area contributed by atoms with Gasteiger partial charge in [0.25, 0.3) is 0 Å². The van der Waals surface area contributed by atoms with Crippen molar-refractivity contribution in [2.24, 2.45) is 17.8 Å². The smallest absolute Gasteiger partial charge is 0.126 e. The summed E-state index contributed by atoms with van der Waals surface area (Å²) in [7, 11) is 0. The van der Waals surface area contributed by atoms with E-state index in [4.69, 9.17) is 0 Å². The topological polar surface area (TPSA) is 0 Å². The van der Waals surface area contributed by atoms with Crippen LogP contribution in [0.25, 0.3) is 5.57 Å². The summed E-state index contributed by atoms with van der Waals surface area (Å²) in [6.45, 7) is 4.34. The SMILES string of the molecule is CCCCCC1CCC(c2ccc(C3=CCC(C4CCC(c5ccc(CC)c(F)c5)CC4)CC3)cc2)CC1. The van der Waals surface area contributed by atoms with Crippen molar-refractivity contribution in [3.63, 3.8) is 0 Å². The highest BCUT2D eigenvalue weighted by Crippen LogP contribution is 2.44. The largest absolute Gasteiger partial charge is 0.207 e. The van der Waals surface area contributed by atoms with E-state index in [0.29, 0.717) is 5.92 Å². The maximum atomic E-state index is 14.3. The molecule has 0 amide bonds. The van der Waals surface area contributed by atoms with Crippen LogP contribution in [0.1, 0.15) is 144 Å². The van der Waals surface area contributed by atoms with E-state index in [1.54, 1.807) is 11.1 Å². The number of aryl methyl sites for hydroxylation is 1. The molecule has 2 fully saturated rings. The van der Waals surface area contributed by atoms with Crippen LogP contribution in [0.4, 0.5) is 4.39 Å². The fourth-order valence-electron chi connectivity index (χ4n) is 8.01. The third-order valence-corrected chi connectivity index (χ3v) is 10.6. The Labute approximate surface area is 232 Å². The molecule has 2 aromatic carbocycles. The maximum Gasteiger partial charge on any atom is 0.126 e. The van der Waals surface area contributed by atoms with Crippen LogP contribution >= 0.6 is 0 Å². The Morgan fingerprint density at radius 3 is 2.03 bits per heavy atom. The molecule has 0 N–H and O–H groups in total. The minimum Gasteiger partial charge on any atom is -0.207 e. The van der Waals surface area contributed by atoms with Gasteiger partial charge in [-0.05, 0) is 141 Å². The van der Waals surface area contributed by atoms with Crippen LogP contribution in [-0.2, 0) is 6.42 Å². The lowest BCUT2D eigenvalue weighted by Gasteiger charge is -2.36. The van der Waals surface area contributed by atoms with Crippen molar-refractivity contribution in [1.29, 1.82) is 0 Å². The number of allylic oxidation sites excluding steroid dienone is 2. The number of rotatable bonds is 9. The Morgan fingerprint density at radius 2 is 1.39 bits per heavy atom. The van der Waals surface area contributed by atoms with Gasteiger partial charge in [-0.25, -0.2) is 4.39 Å². The Kier molecular flexibility index (Phi) is 9.79. The van der Waals surface area contributed by atoms with Crippen molar-refractivity contribution >= 4 is 5.57 Å². The molecular formula is C37H51F. The first-order valence-corrected chi connectivity index (χ1v) is 16.2. The van der Waals surface area contributed by atoms with E-state index in [0.717, 1.165) is 35.7 Å². The van der Waals surface area contributed by atoms with E-state index in [2.05, 4.69) is 43.3 Å². The summed E-state index contributed by atoms with van der Waals surface area (Å²) in [5.74, 6) is 4.01. The van der Waals surface area contributed by atoms with Gasteiger partial charge in [-0.3, -0.25) is 0 Å². The molecule has 0 radical (unpaired) electrons. The molecule has 0 aliphatic heterocycles. The monoisotopic (exact) mass is 514 g/mol. The number of hydrogen-bond acceptors (Lipinski definition) is 0. The lowest BCUT2D eigenvalue weighted by molar-refractivity contribution is 0.220. The van der Waals surface area contributed by atoms with Crippen molar-refractivity contribution in [2.45, 2.75) is 128 Å². The summed E-state index contributed by atoms with van der Waals surface area (Å²) >= 11 is 0. The Balaban J connectivity index is 1.08. The zero-order chi connectivity index (χ0) is 26.3. The van der Waals surface area contributed by atoms with Crippen molar-refractivity contribution in [3.05, 3.63) is 76.6 Å². The standard InChI is InChI=1S/C37H51F/c1-3-5-6-7-27-8-10-29(11-9-27)30-13-15-31(16-14-30)32-17-19-33(20-18-32)34-21-23-35(24-22-34)36-25-12-28(4-2)37(38)26-36/h12-17,25-27,29,33-35H,3-11,18-24H2,1-2H3. The molecule has 1 atom stereocenters. The molecule has 0 heterocycles. The molecular weight excluding hydrogens is 463 g/mol. The highest BCUT2D eigenvalue weighted by Gasteiger charge is 2.30. The molecule has 2 aromatic rings. The molecule has 5 rings (SSSR count). The van der Waals surface area contributed by atoms with Crippen molar-refractivity contribution in [2.75, 3.05) is 0 Å². The quantitative estimate of drug-likeness (QED) is 0.292. The maximum absolute atomic E-state index is 14.3. The average molecular weight is 515 g/mol. The van der Waals surface area contributed by atoms with Crippen LogP contribution in [0, 0.1) is 23.6 Å². The van der Waals surface area contributed by atoms with Gasteiger partial charge in [-0.1, -0.05) is 82.0 Å². The average Bonchev–Trinajstić information content (AvgIpc) is 2.98. The van der Waals surface area contributed by atoms with Crippen molar-refractivity contribution in [1.82, 2.24) is 0 Å². The molecule has 1 heteroatoms. The molecule has 2 saturated carbocycles. The summed E-state index contributed by atoms with van der Waals surface area (Å²) in [5.41, 5.74) is 6.69. The molecule has 38 heavy (non-hydrogen) atoms. The van der Waals surface area contributed by atoms with Gasteiger partial charge in [0, 0.05) is 0 Å². The highest BCUT2D eigenvalue weighted by atomic mass is 19.1. The number of halogens is 1. The van der Waals surface area contributed by atoms with Crippen LogP contribution in [0.3, 0.4) is 0 Å². The van der Waals surface area contributed by atoms with Crippen LogP contribution < -0.4 is 0 Å². The van der Waals surface area contributed by atoms with Gasteiger partial charge in [0.05, 0.1) is 0 Å². The second kappa shape index (κ2) is 13.5. The lowest BCUT2D eigenvalue weighted by atomic mass is 9.70. The zero-order valence-electron chi connectivity index (χ0n) is 24.2. The Hall–Kier alpha value is -1.89. The van der Waals surface area contributed by atoms with Crippen LogP contribution in [-0.4, -0.2) is 0 Å². The van der Waals surface area contributed by atoms with Crippen molar-refractivity contribution < 1.29 is 4.39 Å². The van der Waals surface area contributed by atoms with Gasteiger partial charge in [0.15, 0.2) is 0 Å². The second-order valence-corrected chi connectivity index (χ2v) is 12.9. The Morgan fingerprint density at radius 1 is 0.711 bits per heavy atom. The normalized spacial score (nSPS) is 28.2. The van der Waals surface area contributed by atoms with E-state index in [9.17, 15) is 4.39 Å². The van der Waals surface area contributed by atoms with Gasteiger partial charge in [0.1, 0.15) is 5.82 Å². The number of benzene rings is 2. The predicted molar refractivity (Wildman–Crippen MR) is 161 cm³/mol. The molecule has 206 valence electrons. The molecule has 0 spiro atoms. The number of unbranched alkanes of at least 4 members (excludes halogenated alkanes) is 2. The van der Waals surface area contributed by atoms with E-state index in [-0.39, 0.29) is 5.82 Å². The molecule has 3 aliphatic carbocycles. The fraction of sp³-hybridized carbons (Fsp3) is 0.622. The summed E-state index contributed by atoms with van der Waals surface area (Å²) in [6.07, 6.45) is 23.5. The first kappa shape index (κ1) is 27.7. The molecule has 3 aliphatic rings. The second-order valence-electron chi connectivity index (χ2n) is 12.9. The summed E-state index contributed by atoms with van der Waals surface area (Å²) in [5, 5.41) is 0. The minimum atomic E-state index is -0.00436. The third-order valence-electron chi connectivity index (χ3n) is 10.6. The summed E-state index contributed by atoms with van der Waals surface area (Å²) in [6, 6.07) is 15.8. The van der Waals surface area contributed by atoms with E-state index in [1.807, 2.05) is 19.1 Å². The van der Waals surface area contributed by atoms with E-state index < -0.39 is 0 Å². The molecule has 0 saturated heterocycles. The summed E-state index contributed by atoms with van der Waals surface area (Å²) < 4.78 is 14.3. The van der Waals surface area contributed by atoms with Gasteiger partial charge >= 0.3 is 0 Å². The fourth-order valence-corrected chi connectivity index (χ4v) is 8.01. The van der Waals surface area contributed by atoms with Crippen LogP contribution in [0.5, 0.6) is 0 Å². The zero-order valence-corrected chi connectivity index (χ0v) is 24.2. The van der Waals surface area contributed by atoms with Crippen LogP contribution in [0.2, 0.25) is 0 Å². The van der Waals surface area contributed by atoms with Crippen LogP contribution in [0.15, 0.2) is 48.5 Å². The van der Waals surface area contributed by atoms with Gasteiger partial charge in [-0.2, -0.15) is 0 Å². The lowest BCUT2D eigenvalue weighted by Crippen LogP contribution is -2.22. The predicted octanol–water partition coefficient (Wildman–Crippen LogP) is 11.4.